The van der Waals surface area contributed by atoms with Gasteiger partial charge >= 0.3 is 12.4 Å². The first-order valence-electron chi connectivity index (χ1n) is 8.76. The Morgan fingerprint density at radius 3 is 2.43 bits per heavy atom. The topological polar surface area (TPSA) is 49.2 Å². The predicted molar refractivity (Wildman–Crippen MR) is 100 cm³/mol. The fraction of sp³-hybridized carbons (Fsp3) is 0.263. The smallest absolute Gasteiger partial charge is 0.417 e. The molecule has 0 fully saturated rings. The third kappa shape index (κ3) is 3.54. The quantitative estimate of drug-likeness (QED) is 0.428. The summed E-state index contributed by atoms with van der Waals surface area (Å²) in [5.41, 5.74) is -1.91. The highest BCUT2D eigenvalue weighted by molar-refractivity contribution is 6.33. The van der Waals surface area contributed by atoms with Gasteiger partial charge in [-0.15, -0.1) is 0 Å². The van der Waals surface area contributed by atoms with Gasteiger partial charge in [-0.3, -0.25) is 0 Å². The van der Waals surface area contributed by atoms with Crippen LogP contribution in [0.2, 0.25) is 5.02 Å². The van der Waals surface area contributed by atoms with E-state index in [1.54, 1.807) is 0 Å². The second-order valence-corrected chi connectivity index (χ2v) is 7.27. The lowest BCUT2D eigenvalue weighted by Gasteiger charge is -2.17. The van der Waals surface area contributed by atoms with Crippen LogP contribution in [0.4, 0.5) is 37.7 Å². The van der Waals surface area contributed by atoms with E-state index >= 15 is 0 Å². The van der Waals surface area contributed by atoms with E-state index in [1.807, 2.05) is 0 Å². The Bertz CT molecular complexity index is 1140. The first kappa shape index (κ1) is 20.7. The average molecular weight is 450 g/mol. The molecule has 3 aromatic rings. The molecule has 1 aliphatic rings. The molecule has 1 aliphatic heterocycles. The minimum atomic E-state index is -4.80. The van der Waals surface area contributed by atoms with Gasteiger partial charge in [0.15, 0.2) is 5.88 Å². The summed E-state index contributed by atoms with van der Waals surface area (Å²) >= 11 is 5.96. The second kappa shape index (κ2) is 6.98. The zero-order chi connectivity index (χ0) is 21.8. The minimum absolute atomic E-state index is 0.0833. The van der Waals surface area contributed by atoms with E-state index in [2.05, 4.69) is 10.6 Å². The van der Waals surface area contributed by atoms with Crippen LogP contribution in [0.3, 0.4) is 0 Å². The van der Waals surface area contributed by atoms with Gasteiger partial charge in [-0.05, 0) is 30.3 Å². The third-order valence-electron chi connectivity index (χ3n) is 4.94. The largest absolute Gasteiger partial charge is 0.494 e. The van der Waals surface area contributed by atoms with E-state index in [9.17, 15) is 31.4 Å². The van der Waals surface area contributed by atoms with Crippen molar-refractivity contribution in [3.8, 4) is 5.88 Å². The molecule has 0 radical (unpaired) electrons. The Labute approximate surface area is 171 Å². The van der Waals surface area contributed by atoms with Gasteiger partial charge in [0, 0.05) is 36.4 Å². The van der Waals surface area contributed by atoms with Gasteiger partial charge in [0.2, 0.25) is 0 Å². The monoisotopic (exact) mass is 449 g/mol. The SMILES string of the molecule is Oc1c2c(C(F)(F)F)cc(Nc3cc(C(F)(F)F)ccc3Cl)cc2c2n1CCNC2. The Hall–Kier alpha value is -2.59. The molecular weight excluding hydrogens is 436 g/mol. The van der Waals surface area contributed by atoms with Crippen LogP contribution in [0.25, 0.3) is 10.8 Å². The zero-order valence-electron chi connectivity index (χ0n) is 15.0. The van der Waals surface area contributed by atoms with Crippen LogP contribution in [-0.4, -0.2) is 16.2 Å². The third-order valence-corrected chi connectivity index (χ3v) is 5.27. The Kier molecular flexibility index (Phi) is 4.81. The molecule has 0 atom stereocenters. The summed E-state index contributed by atoms with van der Waals surface area (Å²) in [6.07, 6.45) is -9.43. The molecule has 0 bridgehead atoms. The Morgan fingerprint density at radius 2 is 1.77 bits per heavy atom. The Balaban J connectivity index is 1.89. The van der Waals surface area contributed by atoms with Crippen molar-refractivity contribution in [2.24, 2.45) is 0 Å². The molecule has 30 heavy (non-hydrogen) atoms. The van der Waals surface area contributed by atoms with E-state index in [0.717, 1.165) is 24.3 Å². The van der Waals surface area contributed by atoms with E-state index in [4.69, 9.17) is 11.6 Å². The van der Waals surface area contributed by atoms with Crippen molar-refractivity contribution >= 4 is 33.7 Å². The fourth-order valence-corrected chi connectivity index (χ4v) is 3.76. The summed E-state index contributed by atoms with van der Waals surface area (Å²) in [6, 6.07) is 4.64. The number of rotatable bonds is 2. The van der Waals surface area contributed by atoms with E-state index in [1.165, 1.54) is 10.6 Å². The number of nitrogens with one attached hydrogen (secondary N) is 2. The molecule has 0 aliphatic carbocycles. The minimum Gasteiger partial charge on any atom is -0.494 e. The van der Waals surface area contributed by atoms with Crippen molar-refractivity contribution in [2.75, 3.05) is 11.9 Å². The van der Waals surface area contributed by atoms with Gasteiger partial charge in [0.05, 0.1) is 27.2 Å². The summed E-state index contributed by atoms with van der Waals surface area (Å²) in [6.45, 7) is 1.01. The molecule has 2 aromatic carbocycles. The lowest BCUT2D eigenvalue weighted by Crippen LogP contribution is -2.27. The summed E-state index contributed by atoms with van der Waals surface area (Å²) in [7, 11) is 0. The number of anilines is 2. The van der Waals surface area contributed by atoms with Crippen LogP contribution in [0.1, 0.15) is 16.8 Å². The van der Waals surface area contributed by atoms with Crippen molar-refractivity contribution in [3.05, 3.63) is 52.2 Å². The summed E-state index contributed by atoms with van der Waals surface area (Å²) in [4.78, 5) is 0. The number of aromatic nitrogens is 1. The lowest BCUT2D eigenvalue weighted by atomic mass is 10.0. The van der Waals surface area contributed by atoms with Gasteiger partial charge < -0.3 is 20.3 Å². The summed E-state index contributed by atoms with van der Waals surface area (Å²) < 4.78 is 81.6. The van der Waals surface area contributed by atoms with Gasteiger partial charge in [0.1, 0.15) is 0 Å². The van der Waals surface area contributed by atoms with Crippen LogP contribution in [0.5, 0.6) is 5.88 Å². The van der Waals surface area contributed by atoms with Crippen LogP contribution in [-0.2, 0) is 25.4 Å². The maximum Gasteiger partial charge on any atom is 0.417 e. The second-order valence-electron chi connectivity index (χ2n) is 6.86. The molecule has 0 unspecified atom stereocenters. The van der Waals surface area contributed by atoms with Crippen molar-refractivity contribution in [1.29, 1.82) is 0 Å². The predicted octanol–water partition coefficient (Wildman–Crippen LogP) is 5.88. The molecule has 160 valence electrons. The number of fused-ring (bicyclic) bond motifs is 3. The molecule has 2 heterocycles. The van der Waals surface area contributed by atoms with Gasteiger partial charge in [-0.2, -0.15) is 26.3 Å². The van der Waals surface area contributed by atoms with Crippen LogP contribution >= 0.6 is 11.6 Å². The zero-order valence-corrected chi connectivity index (χ0v) is 15.8. The number of benzene rings is 2. The summed E-state index contributed by atoms with van der Waals surface area (Å²) in [5, 5.41) is 15.7. The van der Waals surface area contributed by atoms with Crippen LogP contribution in [0.15, 0.2) is 30.3 Å². The molecule has 3 N–H and O–H groups in total. The normalized spacial score (nSPS) is 14.8. The van der Waals surface area contributed by atoms with Crippen molar-refractivity contribution in [2.45, 2.75) is 25.4 Å². The van der Waals surface area contributed by atoms with Gasteiger partial charge in [-0.25, -0.2) is 0 Å². The molecule has 0 saturated heterocycles. The van der Waals surface area contributed by atoms with Crippen molar-refractivity contribution in [3.63, 3.8) is 0 Å². The van der Waals surface area contributed by atoms with Gasteiger partial charge in [-0.1, -0.05) is 11.6 Å². The lowest BCUT2D eigenvalue weighted by molar-refractivity contribution is -0.137. The number of alkyl halides is 6. The standard InChI is InChI=1S/C19H14ClF6N3O/c20-13-2-1-9(18(21,22)23)5-14(13)28-10-6-11-15-8-27-3-4-29(15)17(30)16(11)12(7-10)19(24,25)26/h1-2,5-7,27-28,30H,3-4,8H2. The molecule has 11 heteroatoms. The highest BCUT2D eigenvalue weighted by Gasteiger charge is 2.37. The molecule has 0 amide bonds. The molecule has 0 spiro atoms. The molecule has 4 rings (SSSR count). The highest BCUT2D eigenvalue weighted by atomic mass is 35.5. The molecular formula is C19H14ClF6N3O. The van der Waals surface area contributed by atoms with E-state index in [0.29, 0.717) is 12.2 Å². The highest BCUT2D eigenvalue weighted by Crippen LogP contribution is 2.45. The first-order valence-corrected chi connectivity index (χ1v) is 9.14. The number of halogens is 7. The number of nitrogens with zero attached hydrogens (tertiary/aromatic N) is 1. The average Bonchev–Trinajstić information content (AvgIpc) is 2.94. The van der Waals surface area contributed by atoms with Gasteiger partial charge in [0.25, 0.3) is 0 Å². The number of hydrogen-bond donors (Lipinski definition) is 3. The first-order chi connectivity index (χ1) is 14.0. The van der Waals surface area contributed by atoms with Crippen LogP contribution in [0, 0.1) is 0 Å². The maximum absolute atomic E-state index is 13.7. The van der Waals surface area contributed by atoms with Crippen molar-refractivity contribution < 1.29 is 31.4 Å². The number of aromatic hydroxyl groups is 1. The van der Waals surface area contributed by atoms with E-state index in [-0.39, 0.29) is 40.3 Å². The molecule has 1 aromatic heterocycles. The fourth-order valence-electron chi connectivity index (χ4n) is 3.60. The molecule has 4 nitrogen and oxygen atoms in total. The molecule has 0 saturated carbocycles. The van der Waals surface area contributed by atoms with E-state index < -0.39 is 29.4 Å². The van der Waals surface area contributed by atoms with Crippen LogP contribution < -0.4 is 10.6 Å². The maximum atomic E-state index is 13.7. The Morgan fingerprint density at radius 1 is 1.03 bits per heavy atom. The number of hydrogen-bond acceptors (Lipinski definition) is 3. The van der Waals surface area contributed by atoms with Crippen molar-refractivity contribution in [1.82, 2.24) is 9.88 Å². The summed E-state index contributed by atoms with van der Waals surface area (Å²) in [5.74, 6) is -0.488.